The standard InChI is InChI=1S/C13H13ClFN3O/c1-8(16-7-19)10-4-3-9(5-11(10)15)12-6-13(14)17-18(12)2/h3-8H,1-2H3,(H,16,19). The van der Waals surface area contributed by atoms with E-state index in [4.69, 9.17) is 11.6 Å². The van der Waals surface area contributed by atoms with Crippen molar-refractivity contribution in [3.05, 3.63) is 40.8 Å². The Labute approximate surface area is 115 Å². The Balaban J connectivity index is 2.38. The van der Waals surface area contributed by atoms with Gasteiger partial charge in [0.1, 0.15) is 5.82 Å². The van der Waals surface area contributed by atoms with Crippen molar-refractivity contribution in [2.24, 2.45) is 7.05 Å². The van der Waals surface area contributed by atoms with Crippen molar-refractivity contribution in [2.45, 2.75) is 13.0 Å². The van der Waals surface area contributed by atoms with Crippen LogP contribution >= 0.6 is 11.6 Å². The number of hydrogen-bond acceptors (Lipinski definition) is 2. The number of benzene rings is 1. The zero-order valence-corrected chi connectivity index (χ0v) is 11.3. The monoisotopic (exact) mass is 281 g/mol. The number of hydrogen-bond donors (Lipinski definition) is 1. The molecule has 2 rings (SSSR count). The van der Waals surface area contributed by atoms with E-state index in [9.17, 15) is 9.18 Å². The van der Waals surface area contributed by atoms with Gasteiger partial charge in [-0.3, -0.25) is 9.48 Å². The molecule has 0 aliphatic carbocycles. The van der Waals surface area contributed by atoms with Crippen LogP contribution in [-0.4, -0.2) is 16.2 Å². The molecule has 0 aliphatic heterocycles. The van der Waals surface area contributed by atoms with Crippen LogP contribution in [0.25, 0.3) is 11.3 Å². The highest BCUT2D eigenvalue weighted by atomic mass is 35.5. The summed E-state index contributed by atoms with van der Waals surface area (Å²) < 4.78 is 15.6. The summed E-state index contributed by atoms with van der Waals surface area (Å²) in [6, 6.07) is 6.12. The van der Waals surface area contributed by atoms with Gasteiger partial charge < -0.3 is 5.32 Å². The minimum atomic E-state index is -0.378. The Hall–Kier alpha value is -1.88. The van der Waals surface area contributed by atoms with Gasteiger partial charge in [0, 0.05) is 24.2 Å². The molecule has 100 valence electrons. The number of rotatable bonds is 4. The summed E-state index contributed by atoms with van der Waals surface area (Å²) in [6.07, 6.45) is 0.554. The summed E-state index contributed by atoms with van der Waals surface area (Å²) in [7, 11) is 1.74. The van der Waals surface area contributed by atoms with Crippen molar-refractivity contribution in [3.63, 3.8) is 0 Å². The first-order valence-electron chi connectivity index (χ1n) is 5.72. The first-order chi connectivity index (χ1) is 9.02. The summed E-state index contributed by atoms with van der Waals surface area (Å²) in [5, 5.41) is 6.88. The Morgan fingerprint density at radius 2 is 2.21 bits per heavy atom. The van der Waals surface area contributed by atoms with Crippen LogP contribution < -0.4 is 5.32 Å². The summed E-state index contributed by atoms with van der Waals surface area (Å²) in [5.41, 5.74) is 1.84. The van der Waals surface area contributed by atoms with Crippen LogP contribution in [0, 0.1) is 5.82 Å². The average Bonchev–Trinajstić information content (AvgIpc) is 2.68. The fourth-order valence-electron chi connectivity index (χ4n) is 1.93. The van der Waals surface area contributed by atoms with Crippen LogP contribution in [0.5, 0.6) is 0 Å². The number of halogens is 2. The van der Waals surface area contributed by atoms with E-state index >= 15 is 0 Å². The SMILES string of the molecule is CC(NC=O)c1ccc(-c2cc(Cl)nn2C)cc1F. The number of aryl methyl sites for hydroxylation is 1. The first-order valence-corrected chi connectivity index (χ1v) is 6.09. The number of amides is 1. The minimum absolute atomic E-state index is 0.359. The molecule has 0 spiro atoms. The Morgan fingerprint density at radius 1 is 1.47 bits per heavy atom. The average molecular weight is 282 g/mol. The van der Waals surface area contributed by atoms with E-state index in [-0.39, 0.29) is 11.9 Å². The van der Waals surface area contributed by atoms with Crippen LogP contribution in [0.3, 0.4) is 0 Å². The van der Waals surface area contributed by atoms with Crippen LogP contribution in [0.1, 0.15) is 18.5 Å². The number of carbonyl (C=O) groups is 1. The van der Waals surface area contributed by atoms with E-state index in [0.29, 0.717) is 22.7 Å². The molecule has 1 unspecified atom stereocenters. The highest BCUT2D eigenvalue weighted by Gasteiger charge is 2.13. The molecule has 0 saturated heterocycles. The van der Waals surface area contributed by atoms with Gasteiger partial charge in [0.15, 0.2) is 5.15 Å². The maximum Gasteiger partial charge on any atom is 0.207 e. The van der Waals surface area contributed by atoms with Gasteiger partial charge in [-0.05, 0) is 13.0 Å². The van der Waals surface area contributed by atoms with Gasteiger partial charge in [-0.25, -0.2) is 4.39 Å². The second-order valence-corrected chi connectivity index (χ2v) is 4.61. The van der Waals surface area contributed by atoms with E-state index in [1.807, 2.05) is 0 Å². The summed E-state index contributed by atoms with van der Waals surface area (Å²) in [5.74, 6) is -0.378. The van der Waals surface area contributed by atoms with Gasteiger partial charge in [-0.15, -0.1) is 0 Å². The molecule has 19 heavy (non-hydrogen) atoms. The molecule has 1 N–H and O–H groups in total. The summed E-state index contributed by atoms with van der Waals surface area (Å²) in [4.78, 5) is 10.4. The smallest absolute Gasteiger partial charge is 0.207 e. The lowest BCUT2D eigenvalue weighted by Gasteiger charge is -2.12. The molecule has 1 aromatic carbocycles. The second-order valence-electron chi connectivity index (χ2n) is 4.22. The molecule has 0 fully saturated rings. The lowest BCUT2D eigenvalue weighted by molar-refractivity contribution is -0.110. The third-order valence-corrected chi connectivity index (χ3v) is 3.12. The van der Waals surface area contributed by atoms with Crippen molar-refractivity contribution >= 4 is 18.0 Å². The molecule has 1 aromatic heterocycles. The normalized spacial score (nSPS) is 12.2. The number of carbonyl (C=O) groups excluding carboxylic acids is 1. The van der Waals surface area contributed by atoms with E-state index in [1.165, 1.54) is 6.07 Å². The molecule has 1 atom stereocenters. The molecular formula is C13H13ClFN3O. The molecule has 4 nitrogen and oxygen atoms in total. The van der Waals surface area contributed by atoms with Crippen molar-refractivity contribution in [3.8, 4) is 11.3 Å². The fourth-order valence-corrected chi connectivity index (χ4v) is 2.15. The Morgan fingerprint density at radius 3 is 2.74 bits per heavy atom. The molecule has 0 aliphatic rings. The lowest BCUT2D eigenvalue weighted by Crippen LogP contribution is -2.17. The topological polar surface area (TPSA) is 46.9 Å². The highest BCUT2D eigenvalue weighted by molar-refractivity contribution is 6.29. The number of aromatic nitrogens is 2. The lowest BCUT2D eigenvalue weighted by atomic mass is 10.0. The van der Waals surface area contributed by atoms with Gasteiger partial charge in [-0.1, -0.05) is 23.7 Å². The fraction of sp³-hybridized carbons (Fsp3) is 0.231. The van der Waals surface area contributed by atoms with Crippen LogP contribution in [0.15, 0.2) is 24.3 Å². The molecule has 0 bridgehead atoms. The Kier molecular flexibility index (Phi) is 3.85. The van der Waals surface area contributed by atoms with Crippen molar-refractivity contribution in [1.82, 2.24) is 15.1 Å². The van der Waals surface area contributed by atoms with Crippen LogP contribution in [-0.2, 0) is 11.8 Å². The molecule has 1 heterocycles. The van der Waals surface area contributed by atoms with E-state index < -0.39 is 0 Å². The maximum atomic E-state index is 14.0. The number of nitrogens with one attached hydrogen (secondary N) is 1. The second kappa shape index (κ2) is 5.40. The highest BCUT2D eigenvalue weighted by Crippen LogP contribution is 2.26. The van der Waals surface area contributed by atoms with Crippen LogP contribution in [0.2, 0.25) is 5.15 Å². The predicted octanol–water partition coefficient (Wildman–Crippen LogP) is 2.69. The van der Waals surface area contributed by atoms with E-state index in [2.05, 4.69) is 10.4 Å². The molecule has 6 heteroatoms. The molecule has 1 amide bonds. The predicted molar refractivity (Wildman–Crippen MR) is 71.2 cm³/mol. The zero-order chi connectivity index (χ0) is 14.0. The van der Waals surface area contributed by atoms with Crippen molar-refractivity contribution < 1.29 is 9.18 Å². The first kappa shape index (κ1) is 13.5. The largest absolute Gasteiger partial charge is 0.352 e. The number of nitrogens with zero attached hydrogens (tertiary/aromatic N) is 2. The third kappa shape index (κ3) is 2.76. The van der Waals surface area contributed by atoms with Gasteiger partial charge >= 0.3 is 0 Å². The Bertz CT molecular complexity index is 612. The summed E-state index contributed by atoms with van der Waals surface area (Å²) in [6.45, 7) is 1.72. The van der Waals surface area contributed by atoms with Crippen molar-refractivity contribution in [2.75, 3.05) is 0 Å². The third-order valence-electron chi connectivity index (χ3n) is 2.93. The van der Waals surface area contributed by atoms with Gasteiger partial charge in [0.25, 0.3) is 0 Å². The zero-order valence-electron chi connectivity index (χ0n) is 10.5. The molecule has 2 aromatic rings. The van der Waals surface area contributed by atoms with E-state index in [0.717, 1.165) is 5.69 Å². The molecule has 0 saturated carbocycles. The maximum absolute atomic E-state index is 14.0. The van der Waals surface area contributed by atoms with Gasteiger partial charge in [-0.2, -0.15) is 5.10 Å². The van der Waals surface area contributed by atoms with Crippen molar-refractivity contribution in [1.29, 1.82) is 0 Å². The van der Waals surface area contributed by atoms with Gasteiger partial charge in [0.05, 0.1) is 11.7 Å². The molecular weight excluding hydrogens is 269 g/mol. The molecule has 0 radical (unpaired) electrons. The minimum Gasteiger partial charge on any atom is -0.352 e. The van der Waals surface area contributed by atoms with Gasteiger partial charge in [0.2, 0.25) is 6.41 Å². The quantitative estimate of drug-likeness (QED) is 0.876. The van der Waals surface area contributed by atoms with E-state index in [1.54, 1.807) is 36.9 Å². The summed E-state index contributed by atoms with van der Waals surface area (Å²) >= 11 is 5.80. The van der Waals surface area contributed by atoms with Crippen LogP contribution in [0.4, 0.5) is 4.39 Å².